The Morgan fingerprint density at radius 3 is 2.32 bits per heavy atom. The van der Waals surface area contributed by atoms with Crippen molar-refractivity contribution in [2.75, 3.05) is 6.61 Å². The Bertz CT molecular complexity index is 932. The van der Waals surface area contributed by atoms with E-state index < -0.39 is 13.0 Å². The van der Waals surface area contributed by atoms with Gasteiger partial charge in [0.1, 0.15) is 6.73 Å². The molecule has 0 bridgehead atoms. The van der Waals surface area contributed by atoms with Crippen molar-refractivity contribution in [3.8, 4) is 22.4 Å². The molecule has 2 aromatic carbocycles. The van der Waals surface area contributed by atoms with E-state index in [0.29, 0.717) is 13.3 Å². The van der Waals surface area contributed by atoms with Gasteiger partial charge in [0.25, 0.3) is 5.69 Å². The Hall–Kier alpha value is -2.77. The summed E-state index contributed by atoms with van der Waals surface area (Å²) in [5.41, 5.74) is 3.86. The number of nitrogens with zero attached hydrogens (tertiary/aromatic N) is 3. The Labute approximate surface area is 165 Å². The molecule has 1 aromatic heterocycles. The van der Waals surface area contributed by atoms with Gasteiger partial charge < -0.3 is 4.74 Å². The molecule has 6 nitrogen and oxygen atoms in total. The van der Waals surface area contributed by atoms with Crippen molar-refractivity contribution in [2.24, 2.45) is 0 Å². The van der Waals surface area contributed by atoms with Crippen LogP contribution in [0.2, 0.25) is 25.7 Å². The monoisotopic (exact) mass is 395 g/mol. The Kier molecular flexibility index (Phi) is 6.06. The number of non-ortho nitro benzene ring substituents is 1. The summed E-state index contributed by atoms with van der Waals surface area (Å²) < 4.78 is 7.72. The van der Waals surface area contributed by atoms with Crippen LogP contribution in [0.25, 0.3) is 22.4 Å². The smallest absolute Gasteiger partial charge is 0.269 e. The van der Waals surface area contributed by atoms with Crippen LogP contribution in [0, 0.1) is 10.1 Å². The lowest BCUT2D eigenvalue weighted by Gasteiger charge is -2.16. The predicted molar refractivity (Wildman–Crippen MR) is 114 cm³/mol. The van der Waals surface area contributed by atoms with Gasteiger partial charge in [-0.2, -0.15) is 5.10 Å². The highest BCUT2D eigenvalue weighted by Crippen LogP contribution is 2.33. The van der Waals surface area contributed by atoms with Crippen LogP contribution in [-0.2, 0) is 11.5 Å². The van der Waals surface area contributed by atoms with Gasteiger partial charge in [-0.15, -0.1) is 0 Å². The third-order valence-electron chi connectivity index (χ3n) is 4.49. The van der Waals surface area contributed by atoms with Crippen LogP contribution in [0.3, 0.4) is 0 Å². The minimum Gasteiger partial charge on any atom is -0.360 e. The van der Waals surface area contributed by atoms with Crippen LogP contribution in [0.15, 0.2) is 60.8 Å². The molecule has 28 heavy (non-hydrogen) atoms. The highest BCUT2D eigenvalue weighted by atomic mass is 28.3. The zero-order chi connectivity index (χ0) is 20.1. The maximum Gasteiger partial charge on any atom is 0.269 e. The quantitative estimate of drug-likeness (QED) is 0.220. The number of nitro benzene ring substituents is 1. The molecule has 0 N–H and O–H groups in total. The molecule has 0 amide bonds. The predicted octanol–water partition coefficient (Wildman–Crippen LogP) is 5.44. The minimum absolute atomic E-state index is 0.0717. The Morgan fingerprint density at radius 2 is 1.71 bits per heavy atom. The highest BCUT2D eigenvalue weighted by molar-refractivity contribution is 6.76. The van der Waals surface area contributed by atoms with Crippen molar-refractivity contribution in [3.63, 3.8) is 0 Å². The van der Waals surface area contributed by atoms with E-state index in [-0.39, 0.29) is 5.69 Å². The highest BCUT2D eigenvalue weighted by Gasteiger charge is 2.17. The van der Waals surface area contributed by atoms with E-state index in [0.717, 1.165) is 28.4 Å². The Balaban J connectivity index is 1.92. The number of hydrogen-bond acceptors (Lipinski definition) is 4. The molecule has 0 atom stereocenters. The van der Waals surface area contributed by atoms with Crippen molar-refractivity contribution in [1.29, 1.82) is 0 Å². The minimum atomic E-state index is -1.16. The van der Waals surface area contributed by atoms with Gasteiger partial charge in [-0.3, -0.25) is 10.1 Å². The summed E-state index contributed by atoms with van der Waals surface area (Å²) in [5.74, 6) is 0. The van der Waals surface area contributed by atoms with Crippen LogP contribution >= 0.6 is 0 Å². The second-order valence-electron chi connectivity index (χ2n) is 7.92. The topological polar surface area (TPSA) is 70.2 Å². The van der Waals surface area contributed by atoms with E-state index >= 15 is 0 Å². The number of hydrogen-bond donors (Lipinski definition) is 0. The molecule has 0 aliphatic rings. The molecule has 0 aliphatic heterocycles. The molecule has 0 fully saturated rings. The van der Waals surface area contributed by atoms with Crippen LogP contribution in [-0.4, -0.2) is 29.4 Å². The number of nitro groups is 1. The van der Waals surface area contributed by atoms with Gasteiger partial charge in [0.2, 0.25) is 0 Å². The molecule has 0 aliphatic carbocycles. The first-order valence-electron chi connectivity index (χ1n) is 9.29. The van der Waals surface area contributed by atoms with E-state index in [4.69, 9.17) is 4.74 Å². The molecule has 0 unspecified atom stereocenters. The average Bonchev–Trinajstić information content (AvgIpc) is 3.09. The zero-order valence-electron chi connectivity index (χ0n) is 16.5. The second-order valence-corrected chi connectivity index (χ2v) is 13.5. The van der Waals surface area contributed by atoms with Gasteiger partial charge in [0.15, 0.2) is 0 Å². The van der Waals surface area contributed by atoms with Gasteiger partial charge in [0.05, 0.1) is 16.8 Å². The molecule has 1 heterocycles. The average molecular weight is 396 g/mol. The lowest BCUT2D eigenvalue weighted by atomic mass is 10.0. The molecule has 146 valence electrons. The Morgan fingerprint density at radius 1 is 1.04 bits per heavy atom. The van der Waals surface area contributed by atoms with Gasteiger partial charge in [-0.1, -0.05) is 50.0 Å². The normalized spacial score (nSPS) is 11.5. The molecule has 0 radical (unpaired) electrons. The van der Waals surface area contributed by atoms with E-state index in [9.17, 15) is 10.1 Å². The fourth-order valence-corrected chi connectivity index (χ4v) is 3.64. The van der Waals surface area contributed by atoms with Gasteiger partial charge in [-0.25, -0.2) is 4.68 Å². The summed E-state index contributed by atoms with van der Waals surface area (Å²) in [6.45, 7) is 8.01. The summed E-state index contributed by atoms with van der Waals surface area (Å²) in [6.07, 6.45) is 1.83. The molecule has 7 heteroatoms. The van der Waals surface area contributed by atoms with Crippen molar-refractivity contribution in [3.05, 3.63) is 70.9 Å². The first-order chi connectivity index (χ1) is 13.3. The lowest BCUT2D eigenvalue weighted by molar-refractivity contribution is -0.384. The fraction of sp³-hybridized carbons (Fsp3) is 0.286. The van der Waals surface area contributed by atoms with Gasteiger partial charge >= 0.3 is 0 Å². The first kappa shape index (κ1) is 20.0. The van der Waals surface area contributed by atoms with Crippen LogP contribution in [0.5, 0.6) is 0 Å². The molecule has 3 rings (SSSR count). The number of ether oxygens (including phenoxy) is 1. The van der Waals surface area contributed by atoms with E-state index in [1.54, 1.807) is 12.1 Å². The van der Waals surface area contributed by atoms with Crippen LogP contribution in [0.4, 0.5) is 5.69 Å². The van der Waals surface area contributed by atoms with Crippen LogP contribution in [0.1, 0.15) is 0 Å². The maximum absolute atomic E-state index is 11.0. The number of rotatable bonds is 8. The van der Waals surface area contributed by atoms with Crippen molar-refractivity contribution >= 4 is 13.8 Å². The van der Waals surface area contributed by atoms with Crippen molar-refractivity contribution in [1.82, 2.24) is 9.78 Å². The van der Waals surface area contributed by atoms with Crippen molar-refractivity contribution in [2.45, 2.75) is 32.4 Å². The maximum atomic E-state index is 11.0. The summed E-state index contributed by atoms with van der Waals surface area (Å²) in [5, 5.41) is 15.5. The second kappa shape index (κ2) is 8.49. The molecular weight excluding hydrogens is 370 g/mol. The fourth-order valence-electron chi connectivity index (χ4n) is 2.89. The molecule has 3 aromatic rings. The summed E-state index contributed by atoms with van der Waals surface area (Å²) >= 11 is 0. The SMILES string of the molecule is C[Si](C)(C)CCOCn1ncc(-c2ccccc2)c1-c1ccc([N+](=O)[O-])cc1. The number of benzene rings is 2. The standard InChI is InChI=1S/C21H25N3O3Si/c1-28(2,3)14-13-27-16-23-21(18-9-11-19(12-10-18)24(25)26)20(15-22-23)17-7-5-4-6-8-17/h4-12,15H,13-14,16H2,1-3H3. The van der Waals surface area contributed by atoms with E-state index in [1.165, 1.54) is 12.1 Å². The number of aromatic nitrogens is 2. The van der Waals surface area contributed by atoms with E-state index in [2.05, 4.69) is 24.7 Å². The first-order valence-corrected chi connectivity index (χ1v) is 13.0. The molecule has 0 spiro atoms. The summed E-state index contributed by atoms with van der Waals surface area (Å²) in [7, 11) is -1.16. The lowest BCUT2D eigenvalue weighted by Crippen LogP contribution is -2.22. The van der Waals surface area contributed by atoms with E-state index in [1.807, 2.05) is 41.2 Å². The molecule has 0 saturated heterocycles. The third kappa shape index (κ3) is 4.93. The summed E-state index contributed by atoms with van der Waals surface area (Å²) in [6, 6.07) is 17.7. The molecular formula is C21H25N3O3Si. The van der Waals surface area contributed by atoms with Gasteiger partial charge in [-0.05, 0) is 23.7 Å². The zero-order valence-corrected chi connectivity index (χ0v) is 17.5. The van der Waals surface area contributed by atoms with Gasteiger partial charge in [0, 0.05) is 37.9 Å². The summed E-state index contributed by atoms with van der Waals surface area (Å²) in [4.78, 5) is 10.6. The largest absolute Gasteiger partial charge is 0.360 e. The third-order valence-corrected chi connectivity index (χ3v) is 6.19. The van der Waals surface area contributed by atoms with Crippen LogP contribution < -0.4 is 0 Å². The molecule has 0 saturated carbocycles. The van der Waals surface area contributed by atoms with Crippen molar-refractivity contribution < 1.29 is 9.66 Å².